The first-order chi connectivity index (χ1) is 10.4. The van der Waals surface area contributed by atoms with Crippen molar-refractivity contribution in [3.8, 4) is 0 Å². The minimum Gasteiger partial charge on any atom is -0.394 e. The maximum Gasteiger partial charge on any atom is 0.223 e. The lowest BCUT2D eigenvalue weighted by atomic mass is 9.96. The zero-order valence-corrected chi connectivity index (χ0v) is 12.3. The maximum atomic E-state index is 10.6. The van der Waals surface area contributed by atoms with E-state index in [4.69, 9.17) is 10.5 Å². The molecule has 2 aromatic rings. The summed E-state index contributed by atoms with van der Waals surface area (Å²) in [4.78, 5) is 8.28. The number of nitrogen functional groups attached to an aromatic ring is 1. The Balaban J connectivity index is 2.13. The number of nitrogens with one attached hydrogen (secondary N) is 1. The molecule has 1 aliphatic rings. The van der Waals surface area contributed by atoms with Crippen molar-refractivity contribution < 1.29 is 20.1 Å². The first kappa shape index (κ1) is 15.0. The lowest BCUT2D eigenvalue weighted by Crippen LogP contribution is -2.44. The minimum atomic E-state index is -1.58. The zero-order valence-electron chi connectivity index (χ0n) is 12.3. The largest absolute Gasteiger partial charge is 0.394 e. The van der Waals surface area contributed by atoms with E-state index in [9.17, 15) is 15.3 Å². The van der Waals surface area contributed by atoms with Crippen LogP contribution in [-0.2, 0) is 4.74 Å². The molecule has 1 unspecified atom stereocenters. The van der Waals surface area contributed by atoms with Crippen molar-refractivity contribution in [3.63, 3.8) is 0 Å². The molecule has 0 aromatic carbocycles. The molecule has 1 fully saturated rings. The third-order valence-corrected chi connectivity index (χ3v) is 4.01. The number of nitrogens with two attached hydrogens (primary N) is 1. The second-order valence-corrected chi connectivity index (χ2v) is 5.52. The summed E-state index contributed by atoms with van der Waals surface area (Å²) in [6, 6.07) is 1.76. The minimum absolute atomic E-state index is 0.0775. The van der Waals surface area contributed by atoms with Crippen LogP contribution >= 0.6 is 0 Å². The highest BCUT2D eigenvalue weighted by Crippen LogP contribution is 2.40. The number of rotatable bonds is 3. The summed E-state index contributed by atoms with van der Waals surface area (Å²) in [6.07, 6.45) is -1.33. The molecule has 9 heteroatoms. The molecular weight excluding hydrogens is 290 g/mol. The highest BCUT2D eigenvalue weighted by molar-refractivity contribution is 5.88. The zero-order chi connectivity index (χ0) is 16.1. The van der Waals surface area contributed by atoms with Gasteiger partial charge in [0.1, 0.15) is 29.3 Å². The molecule has 0 radical (unpaired) electrons. The van der Waals surface area contributed by atoms with Gasteiger partial charge >= 0.3 is 0 Å². The Morgan fingerprint density at radius 3 is 2.82 bits per heavy atom. The lowest BCUT2D eigenvalue weighted by Gasteiger charge is -2.27. The van der Waals surface area contributed by atoms with E-state index in [2.05, 4.69) is 15.3 Å². The first-order valence-electron chi connectivity index (χ1n) is 6.88. The van der Waals surface area contributed by atoms with E-state index in [1.54, 1.807) is 23.9 Å². The van der Waals surface area contributed by atoms with Gasteiger partial charge in [0.05, 0.1) is 12.0 Å². The van der Waals surface area contributed by atoms with Gasteiger partial charge < -0.3 is 35.7 Å². The van der Waals surface area contributed by atoms with Crippen LogP contribution in [-0.4, -0.2) is 61.3 Å². The van der Waals surface area contributed by atoms with Crippen molar-refractivity contribution in [1.82, 2.24) is 14.5 Å². The normalized spacial score (nSPS) is 31.8. The van der Waals surface area contributed by atoms with Gasteiger partial charge in [0.2, 0.25) is 5.95 Å². The monoisotopic (exact) mass is 309 g/mol. The molecule has 9 nitrogen and oxygen atoms in total. The summed E-state index contributed by atoms with van der Waals surface area (Å²) >= 11 is 0. The maximum absolute atomic E-state index is 10.6. The number of nitrogens with zero attached hydrogens (tertiary/aromatic N) is 3. The van der Waals surface area contributed by atoms with E-state index in [0.717, 1.165) is 0 Å². The molecule has 4 atom stereocenters. The van der Waals surface area contributed by atoms with Crippen molar-refractivity contribution in [2.24, 2.45) is 0 Å². The van der Waals surface area contributed by atoms with E-state index < -0.39 is 30.6 Å². The topological polar surface area (TPSA) is 139 Å². The lowest BCUT2D eigenvalue weighted by molar-refractivity contribution is -0.0948. The number of hydrogen-bond acceptors (Lipinski definition) is 8. The molecule has 0 aliphatic carbocycles. The van der Waals surface area contributed by atoms with Crippen molar-refractivity contribution >= 4 is 22.8 Å². The van der Waals surface area contributed by atoms with Crippen LogP contribution in [0.15, 0.2) is 12.3 Å². The smallest absolute Gasteiger partial charge is 0.223 e. The van der Waals surface area contributed by atoms with Crippen molar-refractivity contribution in [3.05, 3.63) is 12.3 Å². The van der Waals surface area contributed by atoms with Crippen LogP contribution in [0.4, 0.5) is 11.8 Å². The van der Waals surface area contributed by atoms with Gasteiger partial charge in [0, 0.05) is 13.2 Å². The predicted molar refractivity (Wildman–Crippen MR) is 79.1 cm³/mol. The second kappa shape index (κ2) is 5.06. The van der Waals surface area contributed by atoms with Crippen LogP contribution < -0.4 is 11.1 Å². The number of ether oxygens (including phenoxy) is 1. The number of aromatic nitrogens is 3. The summed E-state index contributed by atoms with van der Waals surface area (Å²) in [7, 11) is 1.71. The molecule has 1 aliphatic heterocycles. The molecule has 0 amide bonds. The summed E-state index contributed by atoms with van der Waals surface area (Å²) in [5.74, 6) is 0.631. The van der Waals surface area contributed by atoms with Crippen molar-refractivity contribution in [2.45, 2.75) is 31.0 Å². The Hall–Kier alpha value is -1.94. The second-order valence-electron chi connectivity index (χ2n) is 5.52. The predicted octanol–water partition coefficient (Wildman–Crippen LogP) is -0.943. The highest BCUT2D eigenvalue weighted by Gasteiger charge is 2.53. The van der Waals surface area contributed by atoms with Gasteiger partial charge in [-0.15, -0.1) is 0 Å². The van der Waals surface area contributed by atoms with Crippen LogP contribution in [0, 0.1) is 0 Å². The van der Waals surface area contributed by atoms with E-state index in [0.29, 0.717) is 16.9 Å². The molecule has 6 N–H and O–H groups in total. The van der Waals surface area contributed by atoms with Crippen LogP contribution in [0.3, 0.4) is 0 Å². The van der Waals surface area contributed by atoms with E-state index in [1.807, 2.05) is 0 Å². The van der Waals surface area contributed by atoms with Gasteiger partial charge in [-0.05, 0) is 13.0 Å². The quantitative estimate of drug-likeness (QED) is 0.489. The standard InChI is InChI=1S/C13H19N5O4/c1-13(21)8(20)7(5-19)22-11(13)18-4-3-6-9(15-2)16-12(14)17-10(6)18/h3-4,7-8,11,19-21H,5H2,1-2H3,(H3,14,15,16,17)/t7-,8?,11-,13+/m1/s1. The average molecular weight is 309 g/mol. The summed E-state index contributed by atoms with van der Waals surface area (Å²) in [5, 5.41) is 33.5. The molecule has 3 heterocycles. The van der Waals surface area contributed by atoms with Crippen molar-refractivity contribution in [2.75, 3.05) is 24.7 Å². The Morgan fingerprint density at radius 2 is 2.23 bits per heavy atom. The summed E-state index contributed by atoms with van der Waals surface area (Å²) in [6.45, 7) is 1.05. The fourth-order valence-corrected chi connectivity index (χ4v) is 2.82. The molecule has 22 heavy (non-hydrogen) atoms. The summed E-state index contributed by atoms with van der Waals surface area (Å²) in [5.41, 5.74) is 4.59. The van der Waals surface area contributed by atoms with Crippen LogP contribution in [0.2, 0.25) is 0 Å². The Kier molecular flexibility index (Phi) is 3.44. The third kappa shape index (κ3) is 2.02. The Morgan fingerprint density at radius 1 is 1.50 bits per heavy atom. The van der Waals surface area contributed by atoms with E-state index in [-0.39, 0.29) is 5.95 Å². The number of aliphatic hydroxyl groups is 3. The van der Waals surface area contributed by atoms with Gasteiger partial charge in [0.15, 0.2) is 6.23 Å². The van der Waals surface area contributed by atoms with Gasteiger partial charge in [-0.25, -0.2) is 0 Å². The van der Waals surface area contributed by atoms with Gasteiger partial charge in [-0.2, -0.15) is 9.97 Å². The first-order valence-corrected chi connectivity index (χ1v) is 6.88. The summed E-state index contributed by atoms with van der Waals surface area (Å²) < 4.78 is 7.17. The fraction of sp³-hybridized carbons (Fsp3) is 0.538. The number of anilines is 2. The fourth-order valence-electron chi connectivity index (χ4n) is 2.82. The molecular formula is C13H19N5O4. The number of fused-ring (bicyclic) bond motifs is 1. The van der Waals surface area contributed by atoms with Crippen LogP contribution in [0.5, 0.6) is 0 Å². The molecule has 0 bridgehead atoms. The highest BCUT2D eigenvalue weighted by atomic mass is 16.6. The van der Waals surface area contributed by atoms with Crippen molar-refractivity contribution in [1.29, 1.82) is 0 Å². The number of hydrogen-bond donors (Lipinski definition) is 5. The average Bonchev–Trinajstić information content (AvgIpc) is 2.98. The van der Waals surface area contributed by atoms with Crippen LogP contribution in [0.25, 0.3) is 11.0 Å². The van der Waals surface area contributed by atoms with E-state index >= 15 is 0 Å². The molecule has 2 aromatic heterocycles. The molecule has 1 saturated heterocycles. The Labute approximate surface area is 126 Å². The molecule has 3 rings (SSSR count). The molecule has 120 valence electrons. The molecule has 0 spiro atoms. The van der Waals surface area contributed by atoms with Gasteiger partial charge in [-0.1, -0.05) is 0 Å². The van der Waals surface area contributed by atoms with Gasteiger partial charge in [0.25, 0.3) is 0 Å². The molecule has 0 saturated carbocycles. The third-order valence-electron chi connectivity index (χ3n) is 4.01. The number of aliphatic hydroxyl groups excluding tert-OH is 2. The SMILES string of the molecule is CNc1nc(N)nc2c1ccn2[C@@H]1O[C@H](CO)C(O)[C@]1(C)O. The Bertz CT molecular complexity index is 701. The van der Waals surface area contributed by atoms with E-state index in [1.165, 1.54) is 6.92 Å². The van der Waals surface area contributed by atoms with Gasteiger partial charge in [-0.3, -0.25) is 0 Å². The van der Waals surface area contributed by atoms with Crippen LogP contribution in [0.1, 0.15) is 13.2 Å².